The van der Waals surface area contributed by atoms with Gasteiger partial charge in [0.15, 0.2) is 0 Å². The second kappa shape index (κ2) is 10.8. The highest BCUT2D eigenvalue weighted by atomic mass is 16.5. The van der Waals surface area contributed by atoms with Crippen molar-refractivity contribution in [1.29, 1.82) is 0 Å². The molecule has 0 fully saturated rings. The van der Waals surface area contributed by atoms with E-state index in [1.165, 1.54) is 16.8 Å². The van der Waals surface area contributed by atoms with Crippen LogP contribution >= 0.6 is 0 Å². The molecule has 1 aliphatic rings. The number of aliphatic carboxylic acids is 1. The number of carbonyl (C=O) groups excluding carboxylic acids is 3. The Bertz CT molecular complexity index is 1040. The summed E-state index contributed by atoms with van der Waals surface area (Å²) in [6, 6.07) is 14.7. The average Bonchev–Trinajstić information content (AvgIpc) is 3.13. The van der Waals surface area contributed by atoms with Crippen LogP contribution in [0.4, 0.5) is 4.79 Å². The number of hydrogen-bond acceptors (Lipinski definition) is 5. The largest absolute Gasteiger partial charge is 0.481 e. The van der Waals surface area contributed by atoms with Crippen molar-refractivity contribution in [1.82, 2.24) is 15.1 Å². The molecular formula is C25H29N3O6. The van der Waals surface area contributed by atoms with E-state index in [4.69, 9.17) is 9.84 Å². The van der Waals surface area contributed by atoms with Gasteiger partial charge in [-0.1, -0.05) is 48.5 Å². The van der Waals surface area contributed by atoms with Crippen molar-refractivity contribution in [3.05, 3.63) is 59.7 Å². The molecule has 0 saturated heterocycles. The van der Waals surface area contributed by atoms with E-state index in [0.29, 0.717) is 0 Å². The van der Waals surface area contributed by atoms with Crippen LogP contribution in [0.3, 0.4) is 0 Å². The van der Waals surface area contributed by atoms with Crippen molar-refractivity contribution in [2.75, 3.05) is 34.3 Å². The molecule has 2 aromatic rings. The second-order valence-electron chi connectivity index (χ2n) is 8.44. The van der Waals surface area contributed by atoms with E-state index in [1.807, 2.05) is 48.5 Å². The van der Waals surface area contributed by atoms with Crippen LogP contribution in [-0.2, 0) is 19.1 Å². The van der Waals surface area contributed by atoms with Crippen LogP contribution in [0.1, 0.15) is 29.9 Å². The van der Waals surface area contributed by atoms with E-state index in [2.05, 4.69) is 5.32 Å². The van der Waals surface area contributed by atoms with E-state index in [1.54, 1.807) is 14.1 Å². The number of carbonyl (C=O) groups is 4. The lowest BCUT2D eigenvalue weighted by molar-refractivity contribution is -0.140. The molecule has 180 valence electrons. The van der Waals surface area contributed by atoms with Gasteiger partial charge in [-0.25, -0.2) is 4.79 Å². The number of likely N-dealkylation sites (N-methyl/N-ethyl adjacent to an activating group) is 2. The summed E-state index contributed by atoms with van der Waals surface area (Å²) in [5, 5.41) is 11.5. The molecule has 0 bridgehead atoms. The molecular weight excluding hydrogens is 438 g/mol. The lowest BCUT2D eigenvalue weighted by Crippen LogP contribution is -2.50. The Hall–Kier alpha value is -3.88. The monoisotopic (exact) mass is 467 g/mol. The summed E-state index contributed by atoms with van der Waals surface area (Å²) in [7, 11) is 4.56. The van der Waals surface area contributed by atoms with Crippen molar-refractivity contribution < 1.29 is 29.0 Å². The molecule has 0 heterocycles. The third-order valence-electron chi connectivity index (χ3n) is 5.83. The lowest BCUT2D eigenvalue weighted by atomic mass is 9.98. The molecule has 3 rings (SSSR count). The number of rotatable bonds is 9. The van der Waals surface area contributed by atoms with Crippen LogP contribution in [0.2, 0.25) is 0 Å². The molecule has 9 nitrogen and oxygen atoms in total. The van der Waals surface area contributed by atoms with Crippen LogP contribution in [0, 0.1) is 0 Å². The average molecular weight is 468 g/mol. The molecule has 1 aliphatic carbocycles. The zero-order chi connectivity index (χ0) is 24.8. The Balaban J connectivity index is 1.67. The summed E-state index contributed by atoms with van der Waals surface area (Å²) in [6.07, 6.45) is -1.27. The van der Waals surface area contributed by atoms with Crippen LogP contribution in [-0.4, -0.2) is 79.1 Å². The van der Waals surface area contributed by atoms with Gasteiger partial charge in [-0.2, -0.15) is 0 Å². The number of alkyl carbamates (subject to hydrolysis) is 1. The van der Waals surface area contributed by atoms with Gasteiger partial charge in [-0.15, -0.1) is 0 Å². The second-order valence-corrected chi connectivity index (χ2v) is 8.44. The van der Waals surface area contributed by atoms with Gasteiger partial charge in [0.1, 0.15) is 12.6 Å². The molecule has 1 unspecified atom stereocenters. The normalized spacial score (nSPS) is 12.8. The summed E-state index contributed by atoms with van der Waals surface area (Å²) in [6.45, 7) is -0.129. The fraction of sp³-hybridized carbons (Fsp3) is 0.360. The van der Waals surface area contributed by atoms with Gasteiger partial charge < -0.3 is 25.0 Å². The van der Waals surface area contributed by atoms with Gasteiger partial charge in [-0.05, 0) is 28.7 Å². The fourth-order valence-electron chi connectivity index (χ4n) is 4.00. The number of carboxylic acids is 1. The van der Waals surface area contributed by atoms with Gasteiger partial charge in [0.05, 0.1) is 6.54 Å². The number of hydrogen-bond donors (Lipinski definition) is 2. The van der Waals surface area contributed by atoms with E-state index in [0.717, 1.165) is 22.3 Å². The summed E-state index contributed by atoms with van der Waals surface area (Å²) < 4.78 is 5.48. The third-order valence-corrected chi connectivity index (χ3v) is 5.83. The number of nitrogens with zero attached hydrogens (tertiary/aromatic N) is 2. The molecule has 0 aliphatic heterocycles. The number of ether oxygens (including phenoxy) is 1. The van der Waals surface area contributed by atoms with Crippen molar-refractivity contribution >= 4 is 23.9 Å². The maximum absolute atomic E-state index is 12.8. The van der Waals surface area contributed by atoms with Gasteiger partial charge in [0, 0.05) is 33.5 Å². The maximum atomic E-state index is 12.8. The van der Waals surface area contributed by atoms with Crippen molar-refractivity contribution in [2.24, 2.45) is 0 Å². The molecule has 3 amide bonds. The number of carboxylic acid groups (broad SMARTS) is 1. The SMILES string of the molecule is CN(C)C(=O)CN(C)C(=O)C(CCC(=O)O)NC(=O)OCC1c2ccccc2-c2ccccc21. The highest BCUT2D eigenvalue weighted by molar-refractivity contribution is 5.89. The Morgan fingerprint density at radius 3 is 2.06 bits per heavy atom. The minimum absolute atomic E-state index is 0.0641. The van der Waals surface area contributed by atoms with Crippen LogP contribution in [0.25, 0.3) is 11.1 Å². The van der Waals surface area contributed by atoms with Crippen molar-refractivity contribution in [2.45, 2.75) is 24.8 Å². The first-order valence-corrected chi connectivity index (χ1v) is 11.0. The molecule has 0 radical (unpaired) electrons. The Morgan fingerprint density at radius 2 is 1.53 bits per heavy atom. The van der Waals surface area contributed by atoms with Gasteiger partial charge in [-0.3, -0.25) is 14.4 Å². The molecule has 0 spiro atoms. The molecule has 0 saturated carbocycles. The lowest BCUT2D eigenvalue weighted by Gasteiger charge is -2.25. The van der Waals surface area contributed by atoms with Crippen LogP contribution in [0.5, 0.6) is 0 Å². The summed E-state index contributed by atoms with van der Waals surface area (Å²) in [5.74, 6) is -2.11. The van der Waals surface area contributed by atoms with Gasteiger partial charge in [0.2, 0.25) is 11.8 Å². The molecule has 2 aromatic carbocycles. The van der Waals surface area contributed by atoms with E-state index in [9.17, 15) is 19.2 Å². The first kappa shape index (κ1) is 24.8. The van der Waals surface area contributed by atoms with E-state index in [-0.39, 0.29) is 37.8 Å². The number of fused-ring (bicyclic) bond motifs is 3. The topological polar surface area (TPSA) is 116 Å². The highest BCUT2D eigenvalue weighted by Gasteiger charge is 2.30. The Labute approximate surface area is 198 Å². The predicted molar refractivity (Wildman–Crippen MR) is 125 cm³/mol. The van der Waals surface area contributed by atoms with Crippen molar-refractivity contribution in [3.8, 4) is 11.1 Å². The highest BCUT2D eigenvalue weighted by Crippen LogP contribution is 2.44. The minimum Gasteiger partial charge on any atom is -0.481 e. The minimum atomic E-state index is -1.13. The smallest absolute Gasteiger partial charge is 0.407 e. The molecule has 9 heteroatoms. The quantitative estimate of drug-likeness (QED) is 0.585. The predicted octanol–water partition coefficient (Wildman–Crippen LogP) is 2.31. The van der Waals surface area contributed by atoms with Crippen LogP contribution in [0.15, 0.2) is 48.5 Å². The Morgan fingerprint density at radius 1 is 0.971 bits per heavy atom. The number of amides is 3. The van der Waals surface area contributed by atoms with E-state index < -0.39 is 24.0 Å². The molecule has 2 N–H and O–H groups in total. The van der Waals surface area contributed by atoms with Crippen LogP contribution < -0.4 is 5.32 Å². The molecule has 0 aromatic heterocycles. The zero-order valence-electron chi connectivity index (χ0n) is 19.5. The number of benzene rings is 2. The Kier molecular flexibility index (Phi) is 7.88. The van der Waals surface area contributed by atoms with Gasteiger partial charge in [0.25, 0.3) is 0 Å². The summed E-state index contributed by atoms with van der Waals surface area (Å²) >= 11 is 0. The summed E-state index contributed by atoms with van der Waals surface area (Å²) in [4.78, 5) is 50.9. The first-order valence-electron chi connectivity index (χ1n) is 11.0. The maximum Gasteiger partial charge on any atom is 0.407 e. The summed E-state index contributed by atoms with van der Waals surface area (Å²) in [5.41, 5.74) is 4.29. The zero-order valence-corrected chi connectivity index (χ0v) is 19.5. The third kappa shape index (κ3) is 5.72. The fourth-order valence-corrected chi connectivity index (χ4v) is 4.00. The van der Waals surface area contributed by atoms with Crippen molar-refractivity contribution in [3.63, 3.8) is 0 Å². The number of nitrogens with one attached hydrogen (secondary N) is 1. The standard InChI is InChI=1S/C25H29N3O6/c1-27(2)22(29)14-28(3)24(32)21(12-13-23(30)31)26-25(33)34-15-20-18-10-6-4-8-16(18)17-9-5-7-11-19(17)20/h4-11,20-21H,12-15H2,1-3H3,(H,26,33)(H,30,31). The molecule has 34 heavy (non-hydrogen) atoms. The molecule has 1 atom stereocenters. The first-order chi connectivity index (χ1) is 16.2. The van der Waals surface area contributed by atoms with Gasteiger partial charge >= 0.3 is 12.1 Å². The van der Waals surface area contributed by atoms with E-state index >= 15 is 0 Å².